The first-order chi connectivity index (χ1) is 5.64. The number of hydrogen-bond donors (Lipinski definition) is 1. The number of hydroxylamine groups is 2. The second kappa shape index (κ2) is 4.22. The zero-order valence-corrected chi connectivity index (χ0v) is 7.39. The normalized spacial score (nSPS) is 13.7. The third-order valence-electron chi connectivity index (χ3n) is 0.908. The lowest BCUT2D eigenvalue weighted by Gasteiger charge is -2.18. The molecule has 0 saturated heterocycles. The van der Waals surface area contributed by atoms with E-state index in [-0.39, 0.29) is 11.6 Å². The molecule has 0 radical (unpaired) electrons. The zero-order chi connectivity index (χ0) is 10.7. The van der Waals surface area contributed by atoms with Gasteiger partial charge in [-0.05, 0) is 0 Å². The third-order valence-corrected chi connectivity index (χ3v) is 1.31. The van der Waals surface area contributed by atoms with Crippen molar-refractivity contribution in [2.24, 2.45) is 0 Å². The lowest BCUT2D eigenvalue weighted by molar-refractivity contribution is -0.194. The molecule has 0 amide bonds. The predicted octanol–water partition coefficient (Wildman–Crippen LogP) is 0.605. The van der Waals surface area contributed by atoms with Gasteiger partial charge in [0, 0.05) is 6.54 Å². The summed E-state index contributed by atoms with van der Waals surface area (Å²) in [4.78, 5) is 0. The summed E-state index contributed by atoms with van der Waals surface area (Å²) < 4.78 is 66.7. The molecule has 0 aliphatic carbocycles. The Kier molecular flexibility index (Phi) is 4.10. The van der Waals surface area contributed by atoms with Crippen molar-refractivity contribution in [3.05, 3.63) is 0 Å². The summed E-state index contributed by atoms with van der Waals surface area (Å²) in [5.41, 5.74) is 0. The molecule has 13 heavy (non-hydrogen) atoms. The molecule has 0 unspecified atom stereocenters. The van der Waals surface area contributed by atoms with Crippen molar-refractivity contribution < 1.29 is 30.4 Å². The minimum atomic E-state index is -4.88. The Morgan fingerprint density at radius 3 is 2.15 bits per heavy atom. The van der Waals surface area contributed by atoms with Crippen molar-refractivity contribution >= 4 is 10.4 Å². The van der Waals surface area contributed by atoms with Crippen molar-refractivity contribution in [1.29, 1.82) is 0 Å². The van der Waals surface area contributed by atoms with E-state index in [1.54, 1.807) is 0 Å². The number of hydrogen-bond acceptors (Lipinski definition) is 4. The fourth-order valence-corrected chi connectivity index (χ4v) is 0.949. The van der Waals surface area contributed by atoms with Gasteiger partial charge in [0.25, 0.3) is 0 Å². The van der Waals surface area contributed by atoms with E-state index in [1.807, 2.05) is 0 Å². The molecule has 0 saturated carbocycles. The summed E-state index contributed by atoms with van der Waals surface area (Å²) in [5, 5.41) is 0.0787. The quantitative estimate of drug-likeness (QED) is 0.558. The van der Waals surface area contributed by atoms with Crippen LogP contribution in [0.25, 0.3) is 0 Å². The van der Waals surface area contributed by atoms with Crippen molar-refractivity contribution in [3.8, 4) is 0 Å². The second-order valence-corrected chi connectivity index (χ2v) is 3.08. The lowest BCUT2D eigenvalue weighted by Crippen LogP contribution is -2.35. The Morgan fingerprint density at radius 1 is 1.46 bits per heavy atom. The van der Waals surface area contributed by atoms with E-state index in [0.29, 0.717) is 0 Å². The topological polar surface area (TPSA) is 66.8 Å². The average Bonchev–Trinajstić information content (AvgIpc) is 1.79. The molecule has 0 spiro atoms. The van der Waals surface area contributed by atoms with E-state index in [9.17, 15) is 21.6 Å². The van der Waals surface area contributed by atoms with Gasteiger partial charge in [-0.2, -0.15) is 30.9 Å². The molecule has 0 aromatic rings. The highest BCUT2D eigenvalue weighted by atomic mass is 32.3. The maximum Gasteiger partial charge on any atom is 0.413 e. The summed E-state index contributed by atoms with van der Waals surface area (Å²) in [6.45, 7) is -0.639. The Hall–Kier alpha value is -0.380. The van der Waals surface area contributed by atoms with Crippen LogP contribution in [0.4, 0.5) is 13.2 Å². The fraction of sp³-hybridized carbons (Fsp3) is 1.00. The summed E-state index contributed by atoms with van der Waals surface area (Å²) in [6.07, 6.45) is -4.58. The molecule has 0 aliphatic heterocycles. The van der Waals surface area contributed by atoms with Crippen LogP contribution in [0.2, 0.25) is 0 Å². The highest BCUT2D eigenvalue weighted by Crippen LogP contribution is 2.16. The molecule has 5 nitrogen and oxygen atoms in total. The Morgan fingerprint density at radius 2 is 1.92 bits per heavy atom. The number of nitrogens with zero attached hydrogens (tertiary/aromatic N) is 1. The van der Waals surface area contributed by atoms with Crippen LogP contribution in [0.5, 0.6) is 0 Å². The van der Waals surface area contributed by atoms with E-state index in [1.165, 1.54) is 6.92 Å². The largest absolute Gasteiger partial charge is 0.413 e. The maximum atomic E-state index is 11.7. The van der Waals surface area contributed by atoms with Gasteiger partial charge in [-0.25, -0.2) is 0 Å². The first-order valence-electron chi connectivity index (χ1n) is 3.13. The van der Waals surface area contributed by atoms with Crippen LogP contribution in [-0.2, 0) is 14.7 Å². The van der Waals surface area contributed by atoms with E-state index >= 15 is 0 Å². The average molecular weight is 223 g/mol. The summed E-state index contributed by atoms with van der Waals surface area (Å²) in [5.74, 6) is 0. The zero-order valence-electron chi connectivity index (χ0n) is 6.58. The van der Waals surface area contributed by atoms with Crippen LogP contribution in [0, 0.1) is 0 Å². The molecule has 0 atom stereocenters. The maximum absolute atomic E-state index is 11.7. The van der Waals surface area contributed by atoms with Crippen LogP contribution in [0.1, 0.15) is 6.92 Å². The number of halogens is 3. The van der Waals surface area contributed by atoms with Gasteiger partial charge < -0.3 is 0 Å². The molecule has 0 aromatic heterocycles. The van der Waals surface area contributed by atoms with E-state index < -0.39 is 23.1 Å². The van der Waals surface area contributed by atoms with Crippen molar-refractivity contribution in [2.75, 3.05) is 13.1 Å². The molecule has 0 bridgehead atoms. The standard InChI is InChI=1S/C4H8F3NO4S/c1-2-8(3-4(5,6)7)12-13(9,10)11/h2-3H2,1H3,(H,9,10,11). The van der Waals surface area contributed by atoms with Gasteiger partial charge in [0.1, 0.15) is 6.54 Å². The van der Waals surface area contributed by atoms with Gasteiger partial charge in [0.2, 0.25) is 0 Å². The molecule has 0 fully saturated rings. The van der Waals surface area contributed by atoms with Crippen molar-refractivity contribution in [2.45, 2.75) is 13.1 Å². The number of alkyl halides is 3. The minimum Gasteiger partial charge on any atom is -0.262 e. The summed E-state index contributed by atoms with van der Waals surface area (Å²) >= 11 is 0. The smallest absolute Gasteiger partial charge is 0.262 e. The molecule has 9 heteroatoms. The Balaban J connectivity index is 4.22. The molecular formula is C4H8F3NO4S. The minimum absolute atomic E-state index is 0.0787. The molecular weight excluding hydrogens is 215 g/mol. The van der Waals surface area contributed by atoms with Gasteiger partial charge in [-0.3, -0.25) is 4.55 Å². The van der Waals surface area contributed by atoms with Crippen LogP contribution >= 0.6 is 0 Å². The molecule has 0 heterocycles. The SMILES string of the molecule is CCN(CC(F)(F)F)OS(=O)(=O)O. The second-order valence-electron chi connectivity index (χ2n) is 2.07. The van der Waals surface area contributed by atoms with E-state index in [2.05, 4.69) is 4.28 Å². The van der Waals surface area contributed by atoms with Crippen LogP contribution in [0.15, 0.2) is 0 Å². The third kappa shape index (κ3) is 7.96. The van der Waals surface area contributed by atoms with Crippen LogP contribution < -0.4 is 0 Å². The van der Waals surface area contributed by atoms with Crippen molar-refractivity contribution in [3.63, 3.8) is 0 Å². The molecule has 1 N–H and O–H groups in total. The van der Waals surface area contributed by atoms with Crippen LogP contribution in [-0.4, -0.2) is 37.3 Å². The van der Waals surface area contributed by atoms with Gasteiger partial charge in [-0.15, -0.1) is 0 Å². The van der Waals surface area contributed by atoms with Crippen molar-refractivity contribution in [1.82, 2.24) is 5.06 Å². The van der Waals surface area contributed by atoms with E-state index in [4.69, 9.17) is 4.55 Å². The molecule has 80 valence electrons. The predicted molar refractivity (Wildman–Crippen MR) is 35.9 cm³/mol. The monoisotopic (exact) mass is 223 g/mol. The van der Waals surface area contributed by atoms with Crippen LogP contribution in [0.3, 0.4) is 0 Å². The lowest BCUT2D eigenvalue weighted by atomic mass is 10.6. The molecule has 0 aromatic carbocycles. The van der Waals surface area contributed by atoms with Gasteiger partial charge in [0.05, 0.1) is 0 Å². The van der Waals surface area contributed by atoms with E-state index in [0.717, 1.165) is 0 Å². The van der Waals surface area contributed by atoms with Gasteiger partial charge in [0.15, 0.2) is 0 Å². The first kappa shape index (κ1) is 12.6. The molecule has 0 rings (SSSR count). The Bertz CT molecular complexity index is 249. The molecule has 0 aliphatic rings. The van der Waals surface area contributed by atoms with Gasteiger partial charge in [-0.1, -0.05) is 6.92 Å². The highest BCUT2D eigenvalue weighted by molar-refractivity contribution is 7.80. The Labute approximate surface area is 73.0 Å². The fourth-order valence-electron chi connectivity index (χ4n) is 0.524. The summed E-state index contributed by atoms with van der Waals surface area (Å²) in [7, 11) is -4.88. The summed E-state index contributed by atoms with van der Waals surface area (Å²) in [6, 6.07) is 0. The first-order valence-corrected chi connectivity index (χ1v) is 4.49. The number of rotatable bonds is 4. The highest BCUT2D eigenvalue weighted by Gasteiger charge is 2.32. The van der Waals surface area contributed by atoms with Gasteiger partial charge >= 0.3 is 16.6 Å².